The maximum absolute atomic E-state index is 12.0. The lowest BCUT2D eigenvalue weighted by Crippen LogP contribution is -2.51. The van der Waals surface area contributed by atoms with Gasteiger partial charge in [0.05, 0.1) is 38.9 Å². The van der Waals surface area contributed by atoms with Gasteiger partial charge < -0.3 is 35.0 Å². The molecule has 0 saturated heterocycles. The van der Waals surface area contributed by atoms with Gasteiger partial charge in [0.2, 0.25) is 0 Å². The molecular formula is C24H41N3O12. The van der Waals surface area contributed by atoms with Gasteiger partial charge in [-0.05, 0) is 38.5 Å². The van der Waals surface area contributed by atoms with Gasteiger partial charge in [-0.15, -0.1) is 0 Å². The van der Waals surface area contributed by atoms with E-state index in [9.17, 15) is 39.3 Å². The van der Waals surface area contributed by atoms with Crippen LogP contribution in [0, 0.1) is 5.92 Å². The van der Waals surface area contributed by atoms with Crippen LogP contribution in [-0.2, 0) is 33.4 Å². The Morgan fingerprint density at radius 1 is 0.718 bits per heavy atom. The Balaban J connectivity index is 2.77. The molecule has 0 radical (unpaired) electrons. The second kappa shape index (κ2) is 18.4. The molecule has 39 heavy (non-hydrogen) atoms. The van der Waals surface area contributed by atoms with Crippen LogP contribution >= 0.6 is 0 Å². The summed E-state index contributed by atoms with van der Waals surface area (Å²) in [5.41, 5.74) is 0. The van der Waals surface area contributed by atoms with Gasteiger partial charge in [-0.25, -0.2) is 0 Å². The highest BCUT2D eigenvalue weighted by Gasteiger charge is 2.29. The highest BCUT2D eigenvalue weighted by molar-refractivity contribution is 5.76. The van der Waals surface area contributed by atoms with Gasteiger partial charge in [0, 0.05) is 39.4 Å². The molecule has 224 valence electrons. The molecule has 15 heteroatoms. The van der Waals surface area contributed by atoms with Crippen molar-refractivity contribution in [3.8, 4) is 0 Å². The molecule has 15 nitrogen and oxygen atoms in total. The van der Waals surface area contributed by atoms with Crippen LogP contribution < -0.4 is 0 Å². The first-order valence-corrected chi connectivity index (χ1v) is 12.9. The highest BCUT2D eigenvalue weighted by atomic mass is 16.5. The van der Waals surface area contributed by atoms with Crippen molar-refractivity contribution in [2.24, 2.45) is 5.92 Å². The lowest BCUT2D eigenvalue weighted by molar-refractivity contribution is -0.150. The van der Waals surface area contributed by atoms with E-state index in [0.717, 1.165) is 30.6 Å². The van der Waals surface area contributed by atoms with Crippen LogP contribution in [0.3, 0.4) is 0 Å². The largest absolute Gasteiger partial charge is 0.480 e. The molecule has 5 N–H and O–H groups in total. The fourth-order valence-electron chi connectivity index (χ4n) is 4.51. The van der Waals surface area contributed by atoms with E-state index in [1.807, 2.05) is 6.92 Å². The average molecular weight is 564 g/mol. The Hall–Kier alpha value is -2.85. The third kappa shape index (κ3) is 15.4. The topological polar surface area (TPSA) is 215 Å². The molecule has 1 aliphatic carbocycles. The van der Waals surface area contributed by atoms with E-state index in [0.29, 0.717) is 13.2 Å². The van der Waals surface area contributed by atoms with Crippen molar-refractivity contribution >= 4 is 29.8 Å². The number of aliphatic carboxylic acids is 5. The summed E-state index contributed by atoms with van der Waals surface area (Å²) in [6.45, 7) is 0.128. The Labute approximate surface area is 226 Å². The quantitative estimate of drug-likeness (QED) is 0.110. The average Bonchev–Trinajstić information content (AvgIpc) is 2.82. The van der Waals surface area contributed by atoms with Crippen molar-refractivity contribution in [2.75, 3.05) is 72.2 Å². The molecular weight excluding hydrogens is 522 g/mol. The predicted molar refractivity (Wildman–Crippen MR) is 135 cm³/mol. The summed E-state index contributed by atoms with van der Waals surface area (Å²) >= 11 is 0. The van der Waals surface area contributed by atoms with Crippen LogP contribution in [0.4, 0.5) is 0 Å². The van der Waals surface area contributed by atoms with Crippen molar-refractivity contribution in [1.82, 2.24) is 14.7 Å². The minimum absolute atomic E-state index is 0.0353. The molecule has 0 bridgehead atoms. The molecule has 0 aromatic rings. The molecule has 1 saturated carbocycles. The van der Waals surface area contributed by atoms with Crippen LogP contribution in [0.5, 0.6) is 0 Å². The second-order valence-electron chi connectivity index (χ2n) is 9.52. The third-order valence-corrected chi connectivity index (χ3v) is 6.40. The molecule has 1 rings (SSSR count). The Morgan fingerprint density at radius 3 is 1.69 bits per heavy atom. The summed E-state index contributed by atoms with van der Waals surface area (Å²) in [5, 5.41) is 46.4. The number of rotatable bonds is 22. The zero-order chi connectivity index (χ0) is 29.4. The van der Waals surface area contributed by atoms with Crippen LogP contribution in [-0.4, -0.2) is 154 Å². The first kappa shape index (κ1) is 34.2. The number of carboxylic acids is 5. The van der Waals surface area contributed by atoms with Gasteiger partial charge in [0.1, 0.15) is 6.04 Å². The molecule has 0 aromatic heterocycles. The summed E-state index contributed by atoms with van der Waals surface area (Å²) in [4.78, 5) is 60.5. The number of carbonyl (C=O) groups is 5. The molecule has 1 atom stereocenters. The van der Waals surface area contributed by atoms with Crippen molar-refractivity contribution in [3.63, 3.8) is 0 Å². The molecule has 0 spiro atoms. The van der Waals surface area contributed by atoms with Crippen molar-refractivity contribution in [3.05, 3.63) is 0 Å². The molecule has 0 aliphatic heterocycles. The van der Waals surface area contributed by atoms with E-state index in [-0.39, 0.29) is 44.8 Å². The molecule has 0 heterocycles. The fraction of sp³-hybridized carbons (Fsp3) is 0.792. The zero-order valence-corrected chi connectivity index (χ0v) is 22.3. The lowest BCUT2D eigenvalue weighted by Gasteiger charge is -2.31. The van der Waals surface area contributed by atoms with Crippen LogP contribution in [0.1, 0.15) is 32.6 Å². The van der Waals surface area contributed by atoms with Crippen LogP contribution in [0.25, 0.3) is 0 Å². The van der Waals surface area contributed by atoms with Gasteiger partial charge in [-0.1, -0.05) is 0 Å². The van der Waals surface area contributed by atoms with E-state index in [1.165, 1.54) is 9.80 Å². The minimum atomic E-state index is -1.29. The number of ether oxygens (including phenoxy) is 2. The van der Waals surface area contributed by atoms with Gasteiger partial charge in [-0.2, -0.15) is 0 Å². The molecule has 1 fully saturated rings. The van der Waals surface area contributed by atoms with Gasteiger partial charge in [-0.3, -0.25) is 38.7 Å². The molecule has 0 aromatic carbocycles. The van der Waals surface area contributed by atoms with Crippen molar-refractivity contribution in [2.45, 2.75) is 44.8 Å². The van der Waals surface area contributed by atoms with Crippen molar-refractivity contribution < 1.29 is 59.0 Å². The van der Waals surface area contributed by atoms with Crippen LogP contribution in [0.15, 0.2) is 0 Å². The summed E-state index contributed by atoms with van der Waals surface area (Å²) in [5.74, 6) is -6.01. The van der Waals surface area contributed by atoms with Crippen LogP contribution in [0.2, 0.25) is 0 Å². The van der Waals surface area contributed by atoms with E-state index in [1.54, 1.807) is 0 Å². The minimum Gasteiger partial charge on any atom is -0.480 e. The molecule has 0 amide bonds. The Bertz CT molecular complexity index is 787. The van der Waals surface area contributed by atoms with E-state index in [2.05, 4.69) is 0 Å². The summed E-state index contributed by atoms with van der Waals surface area (Å²) < 4.78 is 11.3. The number of nitrogens with zero attached hydrogens (tertiary/aromatic N) is 3. The maximum Gasteiger partial charge on any atom is 0.323 e. The summed E-state index contributed by atoms with van der Waals surface area (Å²) in [7, 11) is 0. The number of hydrogen-bond donors (Lipinski definition) is 5. The van der Waals surface area contributed by atoms with Crippen molar-refractivity contribution in [1.29, 1.82) is 0 Å². The fourth-order valence-corrected chi connectivity index (χ4v) is 4.51. The van der Waals surface area contributed by atoms with Gasteiger partial charge >= 0.3 is 29.8 Å². The van der Waals surface area contributed by atoms with E-state index < -0.39 is 62.1 Å². The maximum atomic E-state index is 12.0. The summed E-state index contributed by atoms with van der Waals surface area (Å²) in [6, 6.07) is -1.29. The Morgan fingerprint density at radius 2 is 1.21 bits per heavy atom. The van der Waals surface area contributed by atoms with Gasteiger partial charge in [0.15, 0.2) is 0 Å². The lowest BCUT2D eigenvalue weighted by atomic mass is 9.88. The second-order valence-corrected chi connectivity index (χ2v) is 9.52. The highest BCUT2D eigenvalue weighted by Crippen LogP contribution is 2.26. The number of hydrogen-bond acceptors (Lipinski definition) is 10. The first-order valence-electron chi connectivity index (χ1n) is 12.9. The smallest absolute Gasteiger partial charge is 0.323 e. The summed E-state index contributed by atoms with van der Waals surface area (Å²) in [6.07, 6.45) is 3.77. The van der Waals surface area contributed by atoms with E-state index in [4.69, 9.17) is 19.7 Å². The third-order valence-electron chi connectivity index (χ3n) is 6.40. The monoisotopic (exact) mass is 563 g/mol. The number of carboxylic acid groups (broad SMARTS) is 5. The first-order chi connectivity index (χ1) is 18.4. The molecule has 1 unspecified atom stereocenters. The Kier molecular flexibility index (Phi) is 16.2. The van der Waals surface area contributed by atoms with Gasteiger partial charge in [0.25, 0.3) is 0 Å². The zero-order valence-electron chi connectivity index (χ0n) is 22.3. The standard InChI is InChI=1S/C24H41N3O12/c1-2-39-18-5-3-17(4-6-18)15-38-16-19(24(36)37)27(14-23(34)35)10-9-25(11-20(28)29)7-8-26(12-21(30)31)13-22(32)33/h17-19H,2-16H2,1H3,(H,28,29)(H,30,31)(H,32,33)(H,34,35)(H,36,37). The molecule has 1 aliphatic rings. The SMILES string of the molecule is CCOC1CCC(COCC(C(=O)O)N(CCN(CCN(CC(=O)O)CC(=O)O)CC(=O)O)CC(=O)O)CC1. The predicted octanol–water partition coefficient (Wildman–Crippen LogP) is -0.704. The normalized spacial score (nSPS) is 18.4. The van der Waals surface area contributed by atoms with E-state index >= 15 is 0 Å².